The van der Waals surface area contributed by atoms with Gasteiger partial charge in [0.25, 0.3) is 5.16 Å². The van der Waals surface area contributed by atoms with Crippen LogP contribution in [0.2, 0.25) is 10.0 Å². The molecule has 296 valence electrons. The summed E-state index contributed by atoms with van der Waals surface area (Å²) in [7, 11) is -3.67. The molecular formula is C36H38Cl2N8O8S2. The Kier molecular flexibility index (Phi) is 11.5. The Hall–Kier alpha value is -4.14. The van der Waals surface area contributed by atoms with Crippen molar-refractivity contribution in [2.75, 3.05) is 38.9 Å². The summed E-state index contributed by atoms with van der Waals surface area (Å²) in [5.41, 5.74) is 3.43. The molecule has 0 spiro atoms. The van der Waals surface area contributed by atoms with Gasteiger partial charge in [0.1, 0.15) is 36.2 Å². The number of fused-ring (bicyclic) bond motifs is 2. The lowest BCUT2D eigenvalue weighted by Crippen LogP contribution is -2.25. The first-order chi connectivity index (χ1) is 26.6. The lowest BCUT2D eigenvalue weighted by atomic mass is 10.1. The van der Waals surface area contributed by atoms with E-state index in [4.69, 9.17) is 51.6 Å². The highest BCUT2D eigenvalue weighted by atomic mass is 35.5. The number of thioether (sulfide) groups is 1. The van der Waals surface area contributed by atoms with Crippen LogP contribution < -0.4 is 9.47 Å². The second-order valence-corrected chi connectivity index (χ2v) is 17.2. The molecule has 0 radical (unpaired) electrons. The van der Waals surface area contributed by atoms with Crippen LogP contribution in [0.4, 0.5) is 0 Å². The Morgan fingerprint density at radius 1 is 0.750 bits per heavy atom. The first-order valence-corrected chi connectivity index (χ1v) is 21.1. The highest BCUT2D eigenvalue weighted by Crippen LogP contribution is 2.38. The van der Waals surface area contributed by atoms with E-state index in [2.05, 4.69) is 40.3 Å². The van der Waals surface area contributed by atoms with Crippen LogP contribution >= 0.6 is 35.0 Å². The fraction of sp³-hybridized carbons (Fsp3) is 0.389. The van der Waals surface area contributed by atoms with E-state index in [9.17, 15) is 8.42 Å². The van der Waals surface area contributed by atoms with Gasteiger partial charge in [-0.25, -0.2) is 13.4 Å². The Morgan fingerprint density at radius 2 is 1.21 bits per heavy atom. The number of rotatable bonds is 10. The van der Waals surface area contributed by atoms with Crippen molar-refractivity contribution in [2.24, 2.45) is 0 Å². The molecule has 2 aromatic carbocycles. The van der Waals surface area contributed by atoms with Crippen LogP contribution in [0.5, 0.6) is 11.8 Å². The number of nitrogens with one attached hydrogen (secondary N) is 2. The van der Waals surface area contributed by atoms with Crippen LogP contribution in [0.15, 0.2) is 58.8 Å². The Morgan fingerprint density at radius 3 is 1.64 bits per heavy atom. The van der Waals surface area contributed by atoms with Gasteiger partial charge in [0.15, 0.2) is 28.0 Å². The van der Waals surface area contributed by atoms with Crippen molar-refractivity contribution in [2.45, 2.75) is 61.8 Å². The maximum absolute atomic E-state index is 12.0. The minimum Gasteiger partial charge on any atom is -0.474 e. The van der Waals surface area contributed by atoms with Gasteiger partial charge in [-0.05, 0) is 46.1 Å². The molecule has 2 N–H and O–H groups in total. The summed E-state index contributed by atoms with van der Waals surface area (Å²) in [4.78, 5) is 17.2. The summed E-state index contributed by atoms with van der Waals surface area (Å²) in [6.45, 7) is 8.64. The normalized spacial score (nSPS) is 18.9. The Bertz CT molecular complexity index is 2500. The minimum atomic E-state index is -3.67. The first-order valence-electron chi connectivity index (χ1n) is 17.3. The van der Waals surface area contributed by atoms with Crippen molar-refractivity contribution in [3.63, 3.8) is 0 Å². The molecule has 2 fully saturated rings. The van der Waals surface area contributed by atoms with Gasteiger partial charge in [-0.15, -0.1) is 0 Å². The largest absolute Gasteiger partial charge is 0.474 e. The maximum atomic E-state index is 12.0. The number of hydrogen-bond acceptors (Lipinski definition) is 15. The molecule has 0 bridgehead atoms. The molecule has 2 saturated heterocycles. The average molecular weight is 846 g/mol. The lowest BCUT2D eigenvalue weighted by Gasteiger charge is -2.17. The van der Waals surface area contributed by atoms with Gasteiger partial charge in [0.2, 0.25) is 21.6 Å². The molecule has 8 rings (SSSR count). The van der Waals surface area contributed by atoms with E-state index >= 15 is 0 Å². The van der Waals surface area contributed by atoms with Crippen molar-refractivity contribution in [3.05, 3.63) is 58.6 Å². The highest BCUT2D eigenvalue weighted by Gasteiger charge is 2.35. The van der Waals surface area contributed by atoms with Crippen molar-refractivity contribution >= 4 is 66.9 Å². The molecule has 6 aromatic rings. The van der Waals surface area contributed by atoms with E-state index in [0.717, 1.165) is 17.5 Å². The number of benzene rings is 2. The molecular weight excluding hydrogens is 807 g/mol. The van der Waals surface area contributed by atoms with Crippen molar-refractivity contribution in [1.82, 2.24) is 40.3 Å². The van der Waals surface area contributed by atoms with E-state index in [1.165, 1.54) is 11.8 Å². The lowest BCUT2D eigenvalue weighted by molar-refractivity contribution is -0.142. The molecule has 56 heavy (non-hydrogen) atoms. The highest BCUT2D eigenvalue weighted by molar-refractivity contribution is 7.98. The number of hydrogen-bond donors (Lipinski definition) is 2. The summed E-state index contributed by atoms with van der Waals surface area (Å²) in [6.07, 6.45) is 2.43. The summed E-state index contributed by atoms with van der Waals surface area (Å²) in [6, 6.07) is 14.7. The molecule has 20 heteroatoms. The van der Waals surface area contributed by atoms with Crippen LogP contribution in [0.25, 0.3) is 44.6 Å². The van der Waals surface area contributed by atoms with Gasteiger partial charge < -0.3 is 28.4 Å². The fourth-order valence-electron chi connectivity index (χ4n) is 5.97. The standard InChI is InChI=1S/C18H19ClN4O5S.C18H19ClN4O3S/c1-18(2)27-9-10(28-18)8-26-16-13-14(11-6-4-5-7-12(11)19)22-23-15(13)20-17(21-16)29(3,24)25;1-18(2)25-9-10(26-18)8-24-16-13-14(11-6-4-5-7-12(11)19)22-23-15(13)20-17(21-16)27-3/h4-7,10H,8-9H2,1-3H3,(H,20,21,22,23);4-7,10H,8-9H2,1-3H3,(H,20,21,22,23)/t2*10-/m11/s1. The van der Waals surface area contributed by atoms with E-state index < -0.39 is 21.4 Å². The number of nitrogens with zero attached hydrogens (tertiary/aromatic N) is 6. The van der Waals surface area contributed by atoms with Crippen LogP contribution in [0.3, 0.4) is 0 Å². The SMILES string of the molecule is CC1(C)OC[C@@H](COc2nc(S(C)(=O)=O)nc3n[nH]c(-c4ccccc4Cl)c23)O1.CSc1nc(OC[C@@H]2COC(C)(C)O2)c2c(-c3ccccc3Cl)[nH]nc2n1. The van der Waals surface area contributed by atoms with Crippen LogP contribution in [0.1, 0.15) is 27.7 Å². The number of H-pyrrole nitrogens is 2. The smallest absolute Gasteiger partial charge is 0.252 e. The maximum Gasteiger partial charge on any atom is 0.252 e. The van der Waals surface area contributed by atoms with E-state index in [0.29, 0.717) is 68.6 Å². The van der Waals surface area contributed by atoms with Crippen molar-refractivity contribution in [1.29, 1.82) is 0 Å². The molecule has 0 aliphatic carbocycles. The predicted octanol–water partition coefficient (Wildman–Crippen LogP) is 6.53. The van der Waals surface area contributed by atoms with Gasteiger partial charge in [-0.3, -0.25) is 10.2 Å². The van der Waals surface area contributed by atoms with E-state index in [1.807, 2.05) is 64.3 Å². The molecule has 0 amide bonds. The van der Waals surface area contributed by atoms with Crippen LogP contribution in [-0.4, -0.2) is 111 Å². The molecule has 2 atom stereocenters. The van der Waals surface area contributed by atoms with Crippen LogP contribution in [0, 0.1) is 0 Å². The number of ether oxygens (including phenoxy) is 6. The van der Waals surface area contributed by atoms with Crippen LogP contribution in [-0.2, 0) is 28.8 Å². The second kappa shape index (κ2) is 16.0. The van der Waals surface area contributed by atoms with Crippen molar-refractivity contribution < 1.29 is 36.8 Å². The van der Waals surface area contributed by atoms with Gasteiger partial charge in [0, 0.05) is 27.4 Å². The third kappa shape index (κ3) is 8.87. The Balaban J connectivity index is 0.000000172. The third-order valence-electron chi connectivity index (χ3n) is 8.47. The zero-order valence-electron chi connectivity index (χ0n) is 31.1. The molecule has 6 heterocycles. The van der Waals surface area contributed by atoms with E-state index in [1.54, 1.807) is 18.2 Å². The zero-order chi connectivity index (χ0) is 39.8. The zero-order valence-corrected chi connectivity index (χ0v) is 34.3. The van der Waals surface area contributed by atoms with Gasteiger partial charge >= 0.3 is 0 Å². The van der Waals surface area contributed by atoms with E-state index in [-0.39, 0.29) is 35.5 Å². The molecule has 2 aliphatic rings. The molecule has 16 nitrogen and oxygen atoms in total. The molecule has 2 aliphatic heterocycles. The Labute approximate surface area is 336 Å². The molecule has 0 unspecified atom stereocenters. The van der Waals surface area contributed by atoms with Crippen molar-refractivity contribution in [3.8, 4) is 34.3 Å². The molecule has 0 saturated carbocycles. The van der Waals surface area contributed by atoms with Gasteiger partial charge in [-0.2, -0.15) is 25.1 Å². The third-order valence-corrected chi connectivity index (χ3v) is 10.5. The summed E-state index contributed by atoms with van der Waals surface area (Å²) >= 11 is 14.1. The summed E-state index contributed by atoms with van der Waals surface area (Å²) in [5.74, 6) is -0.780. The number of aromatic nitrogens is 8. The van der Waals surface area contributed by atoms with Gasteiger partial charge in [0.05, 0.1) is 24.6 Å². The fourth-order valence-corrected chi connectivity index (χ4v) is 7.28. The molecule has 4 aromatic heterocycles. The summed E-state index contributed by atoms with van der Waals surface area (Å²) in [5, 5.41) is 16.8. The average Bonchev–Trinajstić information content (AvgIpc) is 3.94. The second-order valence-electron chi connectivity index (χ2n) is 13.7. The monoisotopic (exact) mass is 844 g/mol. The van der Waals surface area contributed by atoms with Gasteiger partial charge in [-0.1, -0.05) is 71.4 Å². The summed E-state index contributed by atoms with van der Waals surface area (Å²) < 4.78 is 58.6. The first kappa shape index (κ1) is 40.1. The number of aromatic amines is 2. The topological polar surface area (TPSA) is 198 Å². The quantitative estimate of drug-likeness (QED) is 0.111. The minimum absolute atomic E-state index is 0.0763. The predicted molar refractivity (Wildman–Crippen MR) is 210 cm³/mol. The number of halogens is 2. The number of sulfone groups is 1.